The first-order chi connectivity index (χ1) is 14.6. The first kappa shape index (κ1) is 23.0. The number of primary amides is 1. The molecule has 1 aromatic carbocycles. The van der Waals surface area contributed by atoms with Crippen molar-refractivity contribution in [2.75, 3.05) is 43.6 Å². The quantitative estimate of drug-likeness (QED) is 0.624. The summed E-state index contributed by atoms with van der Waals surface area (Å²) in [6.45, 7) is 0.565. The van der Waals surface area contributed by atoms with Crippen LogP contribution in [0.2, 0.25) is 0 Å². The van der Waals surface area contributed by atoms with Crippen LogP contribution in [-0.4, -0.2) is 62.0 Å². The van der Waals surface area contributed by atoms with Gasteiger partial charge in [-0.25, -0.2) is 0 Å². The lowest BCUT2D eigenvalue weighted by Crippen LogP contribution is -2.52. The normalized spacial score (nSPS) is 18.6. The molecule has 0 radical (unpaired) electrons. The number of halogens is 3. The zero-order valence-corrected chi connectivity index (χ0v) is 17.1. The van der Waals surface area contributed by atoms with E-state index in [1.165, 1.54) is 15.9 Å². The molecule has 0 bridgehead atoms. The molecule has 1 aliphatic heterocycles. The van der Waals surface area contributed by atoms with Crippen molar-refractivity contribution in [1.29, 1.82) is 0 Å². The number of benzene rings is 1. The molecule has 3 amide bonds. The number of rotatable bonds is 7. The van der Waals surface area contributed by atoms with Gasteiger partial charge >= 0.3 is 6.18 Å². The van der Waals surface area contributed by atoms with Crippen LogP contribution in [-0.2, 0) is 25.3 Å². The van der Waals surface area contributed by atoms with Gasteiger partial charge in [-0.1, -0.05) is 6.42 Å². The Labute approximate surface area is 177 Å². The summed E-state index contributed by atoms with van der Waals surface area (Å²) in [7, 11) is 1.55. The second-order valence-corrected chi connectivity index (χ2v) is 7.86. The first-order valence-electron chi connectivity index (χ1n) is 9.97. The van der Waals surface area contributed by atoms with Crippen LogP contribution in [0.5, 0.6) is 0 Å². The number of alkyl halides is 3. The van der Waals surface area contributed by atoms with E-state index in [1.54, 1.807) is 7.05 Å². The summed E-state index contributed by atoms with van der Waals surface area (Å²) >= 11 is 0. The van der Waals surface area contributed by atoms with Gasteiger partial charge in [0, 0.05) is 18.8 Å². The number of likely N-dealkylation sites (N-methyl/N-ethyl adjacent to an activating group) is 1. The molecule has 3 N–H and O–H groups in total. The fourth-order valence-electron chi connectivity index (χ4n) is 3.77. The predicted molar refractivity (Wildman–Crippen MR) is 106 cm³/mol. The molecule has 1 aromatic rings. The summed E-state index contributed by atoms with van der Waals surface area (Å²) in [4.78, 5) is 39.2. The van der Waals surface area contributed by atoms with E-state index in [1.807, 2.05) is 0 Å². The van der Waals surface area contributed by atoms with E-state index in [-0.39, 0.29) is 25.4 Å². The number of carbonyl (C=O) groups is 3. The van der Waals surface area contributed by atoms with E-state index < -0.39 is 41.2 Å². The van der Waals surface area contributed by atoms with Crippen LogP contribution in [0.1, 0.15) is 24.8 Å². The lowest BCUT2D eigenvalue weighted by atomic mass is 9.85. The van der Waals surface area contributed by atoms with Crippen molar-refractivity contribution >= 4 is 29.1 Å². The SMILES string of the molecule is CN(CC1CCC1)[C@@H](C(N)=O)C(=O)Nc1ccc(N2CCOCC2=O)cc1C(F)(F)F. The lowest BCUT2D eigenvalue weighted by molar-refractivity contribution is -0.137. The highest BCUT2D eigenvalue weighted by Gasteiger charge is 2.37. The number of nitrogens with two attached hydrogens (primary N) is 1. The minimum Gasteiger partial charge on any atom is -0.370 e. The van der Waals surface area contributed by atoms with Gasteiger partial charge in [-0.2, -0.15) is 13.2 Å². The van der Waals surface area contributed by atoms with E-state index in [0.29, 0.717) is 12.5 Å². The Morgan fingerprint density at radius 3 is 2.61 bits per heavy atom. The molecule has 2 aliphatic rings. The van der Waals surface area contributed by atoms with Crippen LogP contribution in [0.15, 0.2) is 18.2 Å². The third-order valence-corrected chi connectivity index (χ3v) is 5.59. The van der Waals surface area contributed by atoms with Gasteiger partial charge in [0.15, 0.2) is 6.04 Å². The molecule has 0 spiro atoms. The monoisotopic (exact) mass is 442 g/mol. The molecule has 1 aliphatic carbocycles. The summed E-state index contributed by atoms with van der Waals surface area (Å²) in [6.07, 6.45) is -1.79. The van der Waals surface area contributed by atoms with E-state index in [2.05, 4.69) is 5.32 Å². The molecule has 1 saturated heterocycles. The highest BCUT2D eigenvalue weighted by molar-refractivity contribution is 6.10. The third kappa shape index (κ3) is 5.34. The summed E-state index contributed by atoms with van der Waals surface area (Å²) in [5.74, 6) is -2.00. The Bertz CT molecular complexity index is 857. The number of amides is 3. The molecule has 3 rings (SSSR count). The number of nitrogens with one attached hydrogen (secondary N) is 1. The van der Waals surface area contributed by atoms with Crippen LogP contribution >= 0.6 is 0 Å². The molecule has 170 valence electrons. The molecule has 2 fully saturated rings. The van der Waals surface area contributed by atoms with Gasteiger partial charge in [-0.15, -0.1) is 0 Å². The van der Waals surface area contributed by atoms with E-state index in [9.17, 15) is 27.6 Å². The predicted octanol–water partition coefficient (Wildman–Crippen LogP) is 1.59. The Hall–Kier alpha value is -2.66. The summed E-state index contributed by atoms with van der Waals surface area (Å²) < 4.78 is 46.1. The maximum Gasteiger partial charge on any atom is 0.418 e. The zero-order valence-electron chi connectivity index (χ0n) is 17.1. The van der Waals surface area contributed by atoms with E-state index in [4.69, 9.17) is 10.5 Å². The van der Waals surface area contributed by atoms with Crippen molar-refractivity contribution in [2.45, 2.75) is 31.5 Å². The fourth-order valence-corrected chi connectivity index (χ4v) is 3.77. The molecule has 1 saturated carbocycles. The second kappa shape index (κ2) is 9.23. The van der Waals surface area contributed by atoms with E-state index in [0.717, 1.165) is 31.4 Å². The minimum atomic E-state index is -4.80. The van der Waals surface area contributed by atoms with Gasteiger partial charge in [-0.3, -0.25) is 19.3 Å². The van der Waals surface area contributed by atoms with Gasteiger partial charge in [0.05, 0.1) is 17.9 Å². The Morgan fingerprint density at radius 2 is 2.06 bits per heavy atom. The maximum absolute atomic E-state index is 13.7. The highest BCUT2D eigenvalue weighted by Crippen LogP contribution is 2.38. The van der Waals surface area contributed by atoms with Gasteiger partial charge in [0.25, 0.3) is 11.8 Å². The largest absolute Gasteiger partial charge is 0.418 e. The topological polar surface area (TPSA) is 105 Å². The average molecular weight is 442 g/mol. The highest BCUT2D eigenvalue weighted by atomic mass is 19.4. The molecule has 0 unspecified atom stereocenters. The Kier molecular flexibility index (Phi) is 6.85. The Morgan fingerprint density at radius 1 is 1.35 bits per heavy atom. The van der Waals surface area contributed by atoms with Gasteiger partial charge < -0.3 is 20.7 Å². The summed E-state index contributed by atoms with van der Waals surface area (Å²) in [5.41, 5.74) is 3.79. The van der Waals surface area contributed by atoms with Gasteiger partial charge in [-0.05, 0) is 44.0 Å². The molecule has 1 heterocycles. The zero-order chi connectivity index (χ0) is 22.8. The standard InChI is InChI=1S/C20H25F3N4O4/c1-26(10-12-3-2-4-12)17(18(24)29)19(30)25-15-6-5-13(9-14(15)20(21,22)23)27-7-8-31-11-16(27)28/h5-6,9,12,17H,2-4,7-8,10-11H2,1H3,(H2,24,29)(H,25,30)/t17-/m0/s1. The van der Waals surface area contributed by atoms with Crippen LogP contribution in [0.4, 0.5) is 24.5 Å². The van der Waals surface area contributed by atoms with Crippen LogP contribution < -0.4 is 16.0 Å². The smallest absolute Gasteiger partial charge is 0.370 e. The van der Waals surface area contributed by atoms with Crippen molar-refractivity contribution in [1.82, 2.24) is 4.90 Å². The van der Waals surface area contributed by atoms with Crippen molar-refractivity contribution in [2.24, 2.45) is 11.7 Å². The number of ether oxygens (including phenoxy) is 1. The fraction of sp³-hybridized carbons (Fsp3) is 0.550. The number of hydrogen-bond acceptors (Lipinski definition) is 5. The van der Waals surface area contributed by atoms with Crippen LogP contribution in [0.25, 0.3) is 0 Å². The number of carbonyl (C=O) groups excluding carboxylic acids is 3. The lowest BCUT2D eigenvalue weighted by Gasteiger charge is -2.33. The van der Waals surface area contributed by atoms with Crippen molar-refractivity contribution in [3.05, 3.63) is 23.8 Å². The minimum absolute atomic E-state index is 0.0483. The van der Waals surface area contributed by atoms with Gasteiger partial charge in [0.2, 0.25) is 5.91 Å². The molecular weight excluding hydrogens is 417 g/mol. The second-order valence-electron chi connectivity index (χ2n) is 7.86. The molecule has 31 heavy (non-hydrogen) atoms. The van der Waals surface area contributed by atoms with Crippen molar-refractivity contribution < 1.29 is 32.3 Å². The maximum atomic E-state index is 13.7. The molecule has 0 aromatic heterocycles. The van der Waals surface area contributed by atoms with Crippen molar-refractivity contribution in [3.63, 3.8) is 0 Å². The first-order valence-corrected chi connectivity index (χ1v) is 9.97. The average Bonchev–Trinajstić information content (AvgIpc) is 2.64. The number of morpholine rings is 1. The van der Waals surface area contributed by atoms with Gasteiger partial charge in [0.1, 0.15) is 6.61 Å². The van der Waals surface area contributed by atoms with Crippen LogP contribution in [0.3, 0.4) is 0 Å². The molecule has 8 nitrogen and oxygen atoms in total. The summed E-state index contributed by atoms with van der Waals surface area (Å²) in [5, 5.41) is 2.20. The number of nitrogens with zero attached hydrogens (tertiary/aromatic N) is 2. The number of anilines is 2. The summed E-state index contributed by atoms with van der Waals surface area (Å²) in [6, 6.07) is 1.78. The van der Waals surface area contributed by atoms with Crippen LogP contribution in [0, 0.1) is 5.92 Å². The third-order valence-electron chi connectivity index (χ3n) is 5.59. The van der Waals surface area contributed by atoms with Crippen molar-refractivity contribution in [3.8, 4) is 0 Å². The number of hydrogen-bond donors (Lipinski definition) is 2. The molecule has 1 atom stereocenters. The Balaban J connectivity index is 1.83. The molecular formula is C20H25F3N4O4. The molecule has 11 heteroatoms. The van der Waals surface area contributed by atoms with E-state index >= 15 is 0 Å².